The van der Waals surface area contributed by atoms with Crippen LogP contribution in [0.1, 0.15) is 21.9 Å². The Hall–Kier alpha value is -1.92. The van der Waals surface area contributed by atoms with E-state index in [9.17, 15) is 9.90 Å². The highest BCUT2D eigenvalue weighted by atomic mass is 32.1. The number of ether oxygens (including phenoxy) is 1. The van der Waals surface area contributed by atoms with E-state index >= 15 is 0 Å². The van der Waals surface area contributed by atoms with Crippen LogP contribution in [0.4, 0.5) is 0 Å². The summed E-state index contributed by atoms with van der Waals surface area (Å²) in [6.45, 7) is 3.41. The van der Waals surface area contributed by atoms with Gasteiger partial charge in [0.25, 0.3) is 0 Å². The summed E-state index contributed by atoms with van der Waals surface area (Å²) in [5.74, 6) is -0.254. The Morgan fingerprint density at radius 1 is 1.41 bits per heavy atom. The first-order valence-corrected chi connectivity index (χ1v) is 7.87. The van der Waals surface area contributed by atoms with E-state index in [1.165, 1.54) is 11.3 Å². The number of aromatic nitrogens is 1. The van der Waals surface area contributed by atoms with Crippen LogP contribution in [0.2, 0.25) is 0 Å². The Balaban J connectivity index is 2.13. The zero-order valence-corrected chi connectivity index (χ0v) is 13.8. The van der Waals surface area contributed by atoms with E-state index in [0.29, 0.717) is 11.5 Å². The van der Waals surface area contributed by atoms with Crippen molar-refractivity contribution in [1.82, 2.24) is 9.88 Å². The zero-order valence-electron chi connectivity index (χ0n) is 13.0. The van der Waals surface area contributed by atoms with E-state index in [2.05, 4.69) is 9.88 Å². The van der Waals surface area contributed by atoms with Gasteiger partial charge in [-0.2, -0.15) is 0 Å². The van der Waals surface area contributed by atoms with Crippen LogP contribution < -0.4 is 4.74 Å². The maximum Gasteiger partial charge on any atom is 0.356 e. The van der Waals surface area contributed by atoms with Gasteiger partial charge in [-0.1, -0.05) is 12.1 Å². The smallest absolute Gasteiger partial charge is 0.356 e. The van der Waals surface area contributed by atoms with Gasteiger partial charge in [0.2, 0.25) is 0 Å². The summed E-state index contributed by atoms with van der Waals surface area (Å²) in [5, 5.41) is 9.98. The molecule has 0 radical (unpaired) electrons. The third-order valence-corrected chi connectivity index (χ3v) is 4.07. The van der Waals surface area contributed by atoms with Crippen LogP contribution in [0.25, 0.3) is 10.4 Å². The van der Waals surface area contributed by atoms with Crippen LogP contribution >= 0.6 is 11.3 Å². The number of nitrogens with zero attached hydrogens (tertiary/aromatic N) is 2. The normalized spacial score (nSPS) is 10.9. The molecule has 0 unspecified atom stereocenters. The SMILES string of the molecule is Cc1nc(C(=O)O)c(-c2cccc(OCCCN(C)C)c2)s1. The van der Waals surface area contributed by atoms with Crippen molar-refractivity contribution in [1.29, 1.82) is 0 Å². The molecule has 0 saturated carbocycles. The highest BCUT2D eigenvalue weighted by Gasteiger charge is 2.17. The van der Waals surface area contributed by atoms with Crippen molar-refractivity contribution in [2.24, 2.45) is 0 Å². The number of benzene rings is 1. The largest absolute Gasteiger partial charge is 0.494 e. The number of carboxylic acid groups (broad SMARTS) is 1. The molecule has 6 heteroatoms. The van der Waals surface area contributed by atoms with Crippen LogP contribution in [0.5, 0.6) is 5.75 Å². The molecule has 1 aromatic carbocycles. The van der Waals surface area contributed by atoms with Crippen molar-refractivity contribution in [3.05, 3.63) is 35.0 Å². The molecule has 2 aromatic rings. The molecule has 0 aliphatic rings. The number of carboxylic acids is 1. The minimum Gasteiger partial charge on any atom is -0.494 e. The fraction of sp³-hybridized carbons (Fsp3) is 0.375. The molecule has 0 fully saturated rings. The summed E-state index contributed by atoms with van der Waals surface area (Å²) in [4.78, 5) is 18.1. The second kappa shape index (κ2) is 7.38. The van der Waals surface area contributed by atoms with Gasteiger partial charge in [-0.25, -0.2) is 9.78 Å². The minimum atomic E-state index is -1.00. The number of rotatable bonds is 7. The lowest BCUT2D eigenvalue weighted by Gasteiger charge is -2.11. The first-order valence-electron chi connectivity index (χ1n) is 7.06. The molecule has 0 amide bonds. The molecule has 0 aliphatic heterocycles. The van der Waals surface area contributed by atoms with Crippen LogP contribution in [0, 0.1) is 6.92 Å². The van der Waals surface area contributed by atoms with Crippen molar-refractivity contribution in [2.75, 3.05) is 27.2 Å². The van der Waals surface area contributed by atoms with Crippen molar-refractivity contribution >= 4 is 17.3 Å². The van der Waals surface area contributed by atoms with Gasteiger partial charge in [-0.3, -0.25) is 0 Å². The third-order valence-electron chi connectivity index (χ3n) is 3.05. The van der Waals surface area contributed by atoms with Gasteiger partial charge < -0.3 is 14.7 Å². The fourth-order valence-electron chi connectivity index (χ4n) is 2.07. The molecule has 22 heavy (non-hydrogen) atoms. The highest BCUT2D eigenvalue weighted by Crippen LogP contribution is 2.32. The Kier molecular flexibility index (Phi) is 5.51. The van der Waals surface area contributed by atoms with E-state index in [0.717, 1.165) is 29.3 Å². The highest BCUT2D eigenvalue weighted by molar-refractivity contribution is 7.15. The Bertz CT molecular complexity index is 653. The van der Waals surface area contributed by atoms with Gasteiger partial charge in [-0.15, -0.1) is 11.3 Å². The Labute approximate surface area is 134 Å². The predicted octanol–water partition coefficient (Wildman–Crippen LogP) is 3.15. The molecule has 0 aliphatic carbocycles. The number of thiazole rings is 1. The Morgan fingerprint density at radius 2 is 2.18 bits per heavy atom. The van der Waals surface area contributed by atoms with Gasteiger partial charge in [0.1, 0.15) is 5.75 Å². The molecule has 0 saturated heterocycles. The van der Waals surface area contributed by atoms with E-state index in [1.807, 2.05) is 45.3 Å². The lowest BCUT2D eigenvalue weighted by atomic mass is 10.1. The summed E-state index contributed by atoms with van der Waals surface area (Å²) in [5.41, 5.74) is 0.931. The van der Waals surface area contributed by atoms with Crippen molar-refractivity contribution < 1.29 is 14.6 Å². The molecule has 1 N–H and O–H groups in total. The van der Waals surface area contributed by atoms with Gasteiger partial charge >= 0.3 is 5.97 Å². The number of aromatic carboxylic acids is 1. The molecule has 0 atom stereocenters. The average molecular weight is 320 g/mol. The average Bonchev–Trinajstić information content (AvgIpc) is 2.86. The molecule has 5 nitrogen and oxygen atoms in total. The van der Waals surface area contributed by atoms with E-state index < -0.39 is 5.97 Å². The molecule has 1 heterocycles. The number of carbonyl (C=O) groups is 1. The molecule has 2 rings (SSSR count). The number of hydrogen-bond acceptors (Lipinski definition) is 5. The molecule has 0 bridgehead atoms. The summed E-state index contributed by atoms with van der Waals surface area (Å²) in [6, 6.07) is 7.51. The van der Waals surface area contributed by atoms with Gasteiger partial charge in [0.05, 0.1) is 16.5 Å². The summed E-state index contributed by atoms with van der Waals surface area (Å²) in [7, 11) is 4.06. The maximum atomic E-state index is 11.3. The third kappa shape index (κ3) is 4.29. The minimum absolute atomic E-state index is 0.104. The fourth-order valence-corrected chi connectivity index (χ4v) is 2.97. The van der Waals surface area contributed by atoms with E-state index in [-0.39, 0.29) is 5.69 Å². The second-order valence-electron chi connectivity index (χ2n) is 5.25. The first kappa shape index (κ1) is 16.5. The standard InChI is InChI=1S/C16H20N2O3S/c1-11-17-14(16(19)20)15(22-11)12-6-4-7-13(10-12)21-9-5-8-18(2)3/h4,6-7,10H,5,8-9H2,1-3H3,(H,19,20). The molecule has 118 valence electrons. The summed E-state index contributed by atoms with van der Waals surface area (Å²) in [6.07, 6.45) is 0.942. The monoisotopic (exact) mass is 320 g/mol. The topological polar surface area (TPSA) is 62.7 Å². The quantitative estimate of drug-likeness (QED) is 0.794. The zero-order chi connectivity index (χ0) is 16.1. The molecule has 1 aromatic heterocycles. The van der Waals surface area contributed by atoms with Crippen molar-refractivity contribution in [2.45, 2.75) is 13.3 Å². The number of hydrogen-bond donors (Lipinski definition) is 1. The predicted molar refractivity (Wildman–Crippen MR) is 87.9 cm³/mol. The summed E-state index contributed by atoms with van der Waals surface area (Å²) < 4.78 is 5.74. The molecular formula is C16H20N2O3S. The summed E-state index contributed by atoms with van der Waals surface area (Å²) >= 11 is 1.38. The van der Waals surface area contributed by atoms with Crippen LogP contribution in [-0.2, 0) is 0 Å². The van der Waals surface area contributed by atoms with Gasteiger partial charge in [0, 0.05) is 6.54 Å². The van der Waals surface area contributed by atoms with Crippen molar-refractivity contribution in [3.63, 3.8) is 0 Å². The second-order valence-corrected chi connectivity index (χ2v) is 6.45. The molecular weight excluding hydrogens is 300 g/mol. The van der Waals surface area contributed by atoms with Gasteiger partial charge in [-0.05, 0) is 45.1 Å². The Morgan fingerprint density at radius 3 is 2.86 bits per heavy atom. The van der Waals surface area contributed by atoms with Gasteiger partial charge in [0.15, 0.2) is 5.69 Å². The first-order chi connectivity index (χ1) is 10.5. The molecule has 0 spiro atoms. The van der Waals surface area contributed by atoms with Crippen molar-refractivity contribution in [3.8, 4) is 16.2 Å². The van der Waals surface area contributed by atoms with E-state index in [1.54, 1.807) is 0 Å². The van der Waals surface area contributed by atoms with Crippen LogP contribution in [0.3, 0.4) is 0 Å². The lowest BCUT2D eigenvalue weighted by molar-refractivity contribution is 0.0692. The van der Waals surface area contributed by atoms with E-state index in [4.69, 9.17) is 4.74 Å². The van der Waals surface area contributed by atoms with Crippen LogP contribution in [0.15, 0.2) is 24.3 Å². The van der Waals surface area contributed by atoms with Crippen LogP contribution in [-0.4, -0.2) is 48.2 Å². The lowest BCUT2D eigenvalue weighted by Crippen LogP contribution is -2.15. The maximum absolute atomic E-state index is 11.3. The number of aryl methyl sites for hydroxylation is 1.